The van der Waals surface area contributed by atoms with E-state index in [0.717, 1.165) is 31.7 Å². The zero-order valence-electron chi connectivity index (χ0n) is 11.0. The fourth-order valence-electron chi connectivity index (χ4n) is 2.39. The molecule has 1 aliphatic rings. The molecule has 2 aromatic rings. The van der Waals surface area contributed by atoms with Crippen molar-refractivity contribution < 1.29 is 0 Å². The summed E-state index contributed by atoms with van der Waals surface area (Å²) in [7, 11) is 0. The zero-order chi connectivity index (χ0) is 13.8. The Hall–Kier alpha value is -2.44. The molecule has 2 N–H and O–H groups in total. The van der Waals surface area contributed by atoms with E-state index in [0.29, 0.717) is 11.9 Å². The van der Waals surface area contributed by atoms with Crippen molar-refractivity contribution in [2.45, 2.75) is 18.9 Å². The van der Waals surface area contributed by atoms with Crippen LogP contribution in [0.3, 0.4) is 0 Å². The maximum Gasteiger partial charge on any atom is 0.290 e. The first kappa shape index (κ1) is 12.6. The van der Waals surface area contributed by atoms with Crippen molar-refractivity contribution in [3.63, 3.8) is 0 Å². The van der Waals surface area contributed by atoms with Crippen LogP contribution in [0.15, 0.2) is 35.8 Å². The van der Waals surface area contributed by atoms with Crippen LogP contribution in [0.4, 0.5) is 11.6 Å². The lowest BCUT2D eigenvalue weighted by Gasteiger charge is -2.32. The molecule has 3 heterocycles. The van der Waals surface area contributed by atoms with Gasteiger partial charge in [-0.15, -0.1) is 0 Å². The second-order valence-electron chi connectivity index (χ2n) is 4.74. The number of hydrogen-bond donors (Lipinski definition) is 2. The van der Waals surface area contributed by atoms with E-state index in [1.54, 1.807) is 18.6 Å². The number of nitrogens with zero attached hydrogens (tertiary/aromatic N) is 4. The van der Waals surface area contributed by atoms with Gasteiger partial charge in [0.25, 0.3) is 5.56 Å². The van der Waals surface area contributed by atoms with Gasteiger partial charge in [0, 0.05) is 37.7 Å². The lowest BCUT2D eigenvalue weighted by molar-refractivity contribution is 0.521. The zero-order valence-corrected chi connectivity index (χ0v) is 11.0. The summed E-state index contributed by atoms with van der Waals surface area (Å²) in [6.07, 6.45) is 8.31. The molecule has 0 aliphatic carbocycles. The van der Waals surface area contributed by atoms with Crippen molar-refractivity contribution in [1.29, 1.82) is 0 Å². The first-order valence-corrected chi connectivity index (χ1v) is 6.64. The molecule has 1 saturated heterocycles. The van der Waals surface area contributed by atoms with Crippen molar-refractivity contribution in [3.8, 4) is 0 Å². The molecule has 1 fully saturated rings. The van der Waals surface area contributed by atoms with Gasteiger partial charge < -0.3 is 15.2 Å². The molecule has 2 aromatic heterocycles. The molecule has 104 valence electrons. The predicted octanol–water partition coefficient (Wildman–Crippen LogP) is 0.641. The monoisotopic (exact) mass is 272 g/mol. The summed E-state index contributed by atoms with van der Waals surface area (Å²) < 4.78 is 0. The first-order chi connectivity index (χ1) is 9.83. The summed E-state index contributed by atoms with van der Waals surface area (Å²) >= 11 is 0. The number of nitrogens with one attached hydrogen (secondary N) is 2. The van der Waals surface area contributed by atoms with Crippen LogP contribution in [-0.4, -0.2) is 39.1 Å². The SMILES string of the molecule is O=c1[nH]ccnc1N1CCC(Nc2ccncn2)CC1. The third-order valence-corrected chi connectivity index (χ3v) is 3.42. The number of anilines is 2. The van der Waals surface area contributed by atoms with Gasteiger partial charge >= 0.3 is 0 Å². The molecule has 0 unspecified atom stereocenters. The Morgan fingerprint density at radius 1 is 1.25 bits per heavy atom. The molecule has 0 spiro atoms. The average molecular weight is 272 g/mol. The van der Waals surface area contributed by atoms with Gasteiger partial charge in [-0.25, -0.2) is 15.0 Å². The topological polar surface area (TPSA) is 86.8 Å². The number of aromatic nitrogens is 4. The fraction of sp³-hybridized carbons (Fsp3) is 0.385. The minimum atomic E-state index is -0.130. The predicted molar refractivity (Wildman–Crippen MR) is 75.7 cm³/mol. The molecule has 20 heavy (non-hydrogen) atoms. The lowest BCUT2D eigenvalue weighted by Crippen LogP contribution is -2.41. The number of rotatable bonds is 3. The Morgan fingerprint density at radius 3 is 2.80 bits per heavy atom. The minimum absolute atomic E-state index is 0.130. The van der Waals surface area contributed by atoms with Gasteiger partial charge in [0.1, 0.15) is 12.1 Å². The standard InChI is InChI=1S/C13H16N6O/c20-13-12(15-5-6-16-13)19-7-2-10(3-8-19)18-11-1-4-14-9-17-11/h1,4-6,9-10H,2-3,7-8H2,(H,16,20)(H,14,17,18). The van der Waals surface area contributed by atoms with E-state index in [2.05, 4.69) is 25.3 Å². The molecule has 3 rings (SSSR count). The summed E-state index contributed by atoms with van der Waals surface area (Å²) in [6, 6.07) is 2.22. The highest BCUT2D eigenvalue weighted by molar-refractivity contribution is 5.38. The quantitative estimate of drug-likeness (QED) is 0.852. The van der Waals surface area contributed by atoms with E-state index < -0.39 is 0 Å². The van der Waals surface area contributed by atoms with Gasteiger partial charge in [-0.2, -0.15) is 0 Å². The number of aromatic amines is 1. The third-order valence-electron chi connectivity index (χ3n) is 3.42. The highest BCUT2D eigenvalue weighted by Crippen LogP contribution is 2.17. The summed E-state index contributed by atoms with van der Waals surface area (Å²) in [5, 5.41) is 3.38. The highest BCUT2D eigenvalue weighted by Gasteiger charge is 2.21. The van der Waals surface area contributed by atoms with Crippen LogP contribution in [0, 0.1) is 0 Å². The lowest BCUT2D eigenvalue weighted by atomic mass is 10.1. The summed E-state index contributed by atoms with van der Waals surface area (Å²) in [5.74, 6) is 1.35. The van der Waals surface area contributed by atoms with Crippen LogP contribution in [0.5, 0.6) is 0 Å². The van der Waals surface area contributed by atoms with Crippen LogP contribution in [-0.2, 0) is 0 Å². The minimum Gasteiger partial charge on any atom is -0.367 e. The Balaban J connectivity index is 1.60. The molecule has 7 nitrogen and oxygen atoms in total. The first-order valence-electron chi connectivity index (χ1n) is 6.64. The van der Waals surface area contributed by atoms with Crippen molar-refractivity contribution >= 4 is 11.6 Å². The normalized spacial score (nSPS) is 16.1. The Morgan fingerprint density at radius 2 is 2.10 bits per heavy atom. The van der Waals surface area contributed by atoms with Gasteiger partial charge in [-0.3, -0.25) is 4.79 Å². The molecule has 7 heteroatoms. The molecule has 0 radical (unpaired) electrons. The summed E-state index contributed by atoms with van der Waals surface area (Å²) in [4.78, 5) is 28.6. The van der Waals surface area contributed by atoms with Crippen molar-refractivity contribution in [2.75, 3.05) is 23.3 Å². The average Bonchev–Trinajstić information content (AvgIpc) is 2.50. The van der Waals surface area contributed by atoms with E-state index in [4.69, 9.17) is 0 Å². The van der Waals surface area contributed by atoms with E-state index in [1.807, 2.05) is 11.0 Å². The second kappa shape index (κ2) is 5.68. The van der Waals surface area contributed by atoms with Gasteiger partial charge in [0.2, 0.25) is 0 Å². The van der Waals surface area contributed by atoms with Crippen LogP contribution < -0.4 is 15.8 Å². The molecular weight excluding hydrogens is 256 g/mol. The van der Waals surface area contributed by atoms with Crippen LogP contribution in [0.1, 0.15) is 12.8 Å². The maximum absolute atomic E-state index is 11.7. The van der Waals surface area contributed by atoms with Gasteiger partial charge in [-0.05, 0) is 18.9 Å². The van der Waals surface area contributed by atoms with Crippen LogP contribution in [0.2, 0.25) is 0 Å². The molecular formula is C13H16N6O. The van der Waals surface area contributed by atoms with Gasteiger partial charge in [0.15, 0.2) is 5.82 Å². The van der Waals surface area contributed by atoms with E-state index in [9.17, 15) is 4.79 Å². The Bertz CT molecular complexity index is 606. The van der Waals surface area contributed by atoms with E-state index in [1.165, 1.54) is 6.33 Å². The highest BCUT2D eigenvalue weighted by atomic mass is 16.1. The van der Waals surface area contributed by atoms with E-state index in [-0.39, 0.29) is 5.56 Å². The molecule has 0 amide bonds. The van der Waals surface area contributed by atoms with Crippen molar-refractivity contribution in [2.24, 2.45) is 0 Å². The Kier molecular flexibility index (Phi) is 3.58. The smallest absolute Gasteiger partial charge is 0.290 e. The molecule has 0 atom stereocenters. The molecule has 0 saturated carbocycles. The Labute approximate surface area is 116 Å². The summed E-state index contributed by atoms with van der Waals surface area (Å²) in [6.45, 7) is 1.62. The van der Waals surface area contributed by atoms with Gasteiger partial charge in [0.05, 0.1) is 0 Å². The molecule has 0 aromatic carbocycles. The van der Waals surface area contributed by atoms with Crippen LogP contribution in [0.25, 0.3) is 0 Å². The molecule has 1 aliphatic heterocycles. The maximum atomic E-state index is 11.7. The third kappa shape index (κ3) is 2.76. The van der Waals surface area contributed by atoms with Crippen LogP contribution >= 0.6 is 0 Å². The number of H-pyrrole nitrogens is 1. The fourth-order valence-corrected chi connectivity index (χ4v) is 2.39. The van der Waals surface area contributed by atoms with Crippen molar-refractivity contribution in [3.05, 3.63) is 41.3 Å². The van der Waals surface area contributed by atoms with Gasteiger partial charge in [-0.1, -0.05) is 0 Å². The van der Waals surface area contributed by atoms with E-state index >= 15 is 0 Å². The van der Waals surface area contributed by atoms with Crippen molar-refractivity contribution in [1.82, 2.24) is 19.9 Å². The number of hydrogen-bond acceptors (Lipinski definition) is 6. The largest absolute Gasteiger partial charge is 0.367 e. The molecule has 0 bridgehead atoms. The second-order valence-corrected chi connectivity index (χ2v) is 4.74. The summed E-state index contributed by atoms with van der Waals surface area (Å²) in [5.41, 5.74) is -0.130. The number of piperidine rings is 1.